The number of fused-ring (bicyclic) bond motifs is 1. The second kappa shape index (κ2) is 7.55. The molecule has 1 aromatic heterocycles. The maximum Gasteiger partial charge on any atom is 0.270 e. The summed E-state index contributed by atoms with van der Waals surface area (Å²) in [5, 5.41) is 0. The van der Waals surface area contributed by atoms with Crippen LogP contribution in [0.15, 0.2) is 59.0 Å². The van der Waals surface area contributed by atoms with Crippen molar-refractivity contribution in [1.82, 2.24) is 13.8 Å². The second-order valence-corrected chi connectivity index (χ2v) is 8.98. The molecule has 1 saturated heterocycles. The van der Waals surface area contributed by atoms with Crippen LogP contribution in [0.3, 0.4) is 0 Å². The van der Waals surface area contributed by atoms with E-state index in [2.05, 4.69) is 4.90 Å². The molecule has 27 heavy (non-hydrogen) atoms. The summed E-state index contributed by atoms with van der Waals surface area (Å²) in [4.78, 5) is 2.64. The number of hydrogen-bond acceptors (Lipinski definition) is 5. The lowest BCUT2D eigenvalue weighted by Gasteiger charge is -2.34. The fourth-order valence-electron chi connectivity index (χ4n) is 3.37. The molecule has 3 aromatic rings. The van der Waals surface area contributed by atoms with E-state index < -0.39 is 10.0 Å². The Bertz CT molecular complexity index is 1080. The minimum atomic E-state index is -3.30. The third kappa shape index (κ3) is 3.98. The van der Waals surface area contributed by atoms with Gasteiger partial charge in [-0.3, -0.25) is 9.47 Å². The normalized spacial score (nSPS) is 16.7. The molecule has 2 heterocycles. The standard InChI is InChI=1S/C19H21N3O3S2/c23-27(24,14-16-6-2-1-3-7-16)21-12-10-20(11-13-21)15-22-17-8-4-5-9-18(17)25-19(22)26/h1-9H,10-15H2. The van der Waals surface area contributed by atoms with Gasteiger partial charge in [0.2, 0.25) is 10.0 Å². The lowest BCUT2D eigenvalue weighted by Crippen LogP contribution is -2.49. The third-order valence-corrected chi connectivity index (χ3v) is 6.99. The van der Waals surface area contributed by atoms with Crippen LogP contribution in [0, 0.1) is 4.84 Å². The largest absolute Gasteiger partial charge is 0.429 e. The number of sulfonamides is 1. The van der Waals surface area contributed by atoms with Crippen LogP contribution in [0.25, 0.3) is 11.1 Å². The molecule has 0 aliphatic carbocycles. The molecule has 0 saturated carbocycles. The average Bonchev–Trinajstić information content (AvgIpc) is 2.98. The Morgan fingerprint density at radius 3 is 2.33 bits per heavy atom. The molecule has 142 valence electrons. The fraction of sp³-hybridized carbons (Fsp3) is 0.316. The summed E-state index contributed by atoms with van der Waals surface area (Å²) in [6.07, 6.45) is 0. The van der Waals surface area contributed by atoms with Gasteiger partial charge in [0.1, 0.15) is 0 Å². The molecule has 0 spiro atoms. The van der Waals surface area contributed by atoms with E-state index >= 15 is 0 Å². The Hall–Kier alpha value is -2.00. The fourth-order valence-corrected chi connectivity index (χ4v) is 5.13. The second-order valence-electron chi connectivity index (χ2n) is 6.66. The van der Waals surface area contributed by atoms with E-state index in [0.29, 0.717) is 37.7 Å². The first-order valence-corrected chi connectivity index (χ1v) is 10.9. The molecule has 0 atom stereocenters. The van der Waals surface area contributed by atoms with Crippen molar-refractivity contribution in [2.75, 3.05) is 26.2 Å². The number of nitrogens with zero attached hydrogens (tertiary/aromatic N) is 3. The zero-order valence-corrected chi connectivity index (χ0v) is 16.5. The van der Waals surface area contributed by atoms with E-state index in [1.165, 1.54) is 0 Å². The van der Waals surface area contributed by atoms with Crippen LogP contribution < -0.4 is 0 Å². The zero-order valence-electron chi connectivity index (χ0n) is 14.8. The zero-order chi connectivity index (χ0) is 18.9. The molecule has 0 radical (unpaired) electrons. The van der Waals surface area contributed by atoms with Crippen LogP contribution in [0.2, 0.25) is 0 Å². The average molecular weight is 404 g/mol. The van der Waals surface area contributed by atoms with Gasteiger partial charge in [-0.25, -0.2) is 8.42 Å². The molecule has 1 fully saturated rings. The Morgan fingerprint density at radius 2 is 1.59 bits per heavy atom. The van der Waals surface area contributed by atoms with Crippen molar-refractivity contribution in [3.8, 4) is 0 Å². The molecule has 2 aromatic carbocycles. The van der Waals surface area contributed by atoms with Gasteiger partial charge in [-0.1, -0.05) is 42.5 Å². The highest BCUT2D eigenvalue weighted by atomic mass is 32.2. The van der Waals surface area contributed by atoms with Crippen LogP contribution in [-0.4, -0.2) is 48.4 Å². The van der Waals surface area contributed by atoms with Crippen molar-refractivity contribution >= 4 is 33.3 Å². The van der Waals surface area contributed by atoms with Gasteiger partial charge in [0, 0.05) is 26.2 Å². The van der Waals surface area contributed by atoms with Crippen molar-refractivity contribution < 1.29 is 12.8 Å². The maximum absolute atomic E-state index is 12.7. The number of para-hydroxylation sites is 2. The van der Waals surface area contributed by atoms with Crippen molar-refractivity contribution in [2.45, 2.75) is 12.4 Å². The van der Waals surface area contributed by atoms with Gasteiger partial charge in [-0.05, 0) is 29.9 Å². The maximum atomic E-state index is 12.7. The number of benzene rings is 2. The van der Waals surface area contributed by atoms with Crippen LogP contribution in [-0.2, 0) is 22.4 Å². The summed E-state index contributed by atoms with van der Waals surface area (Å²) in [5.74, 6) is 0.0469. The summed E-state index contributed by atoms with van der Waals surface area (Å²) in [6.45, 7) is 2.89. The SMILES string of the molecule is O=S(=O)(Cc1ccccc1)N1CCN(Cn2c(=S)oc3ccccc32)CC1. The Balaban J connectivity index is 1.41. The van der Waals surface area contributed by atoms with Gasteiger partial charge in [-0.15, -0.1) is 0 Å². The highest BCUT2D eigenvalue weighted by Crippen LogP contribution is 2.19. The molecule has 0 bridgehead atoms. The van der Waals surface area contributed by atoms with Gasteiger partial charge in [0.25, 0.3) is 4.84 Å². The number of piperazine rings is 1. The van der Waals surface area contributed by atoms with Crippen LogP contribution in [0.4, 0.5) is 0 Å². The van der Waals surface area contributed by atoms with Crippen LogP contribution in [0.1, 0.15) is 5.56 Å². The molecule has 0 N–H and O–H groups in total. The van der Waals surface area contributed by atoms with Crippen molar-refractivity contribution in [1.29, 1.82) is 0 Å². The van der Waals surface area contributed by atoms with E-state index in [9.17, 15) is 8.42 Å². The van der Waals surface area contributed by atoms with Crippen molar-refractivity contribution in [3.63, 3.8) is 0 Å². The molecular weight excluding hydrogens is 382 g/mol. The first kappa shape index (κ1) is 18.4. The summed E-state index contributed by atoms with van der Waals surface area (Å²) in [6, 6.07) is 17.1. The molecule has 1 aliphatic rings. The number of hydrogen-bond donors (Lipinski definition) is 0. The molecule has 0 amide bonds. The Kier molecular flexibility index (Phi) is 5.14. The highest BCUT2D eigenvalue weighted by molar-refractivity contribution is 7.88. The predicted molar refractivity (Wildman–Crippen MR) is 107 cm³/mol. The summed E-state index contributed by atoms with van der Waals surface area (Å²) >= 11 is 5.34. The van der Waals surface area contributed by atoms with Crippen LogP contribution >= 0.6 is 12.2 Å². The Morgan fingerprint density at radius 1 is 0.926 bits per heavy atom. The molecule has 6 nitrogen and oxygen atoms in total. The quantitative estimate of drug-likeness (QED) is 0.613. The van der Waals surface area contributed by atoms with Gasteiger partial charge < -0.3 is 4.42 Å². The minimum absolute atomic E-state index is 0.0469. The lowest BCUT2D eigenvalue weighted by molar-refractivity contribution is 0.151. The monoisotopic (exact) mass is 403 g/mol. The van der Waals surface area contributed by atoms with Gasteiger partial charge in [0.05, 0.1) is 17.9 Å². The van der Waals surface area contributed by atoms with Crippen LogP contribution in [0.5, 0.6) is 0 Å². The molecule has 1 aliphatic heterocycles. The van der Waals surface area contributed by atoms with E-state index in [-0.39, 0.29) is 5.75 Å². The number of aromatic nitrogens is 1. The minimum Gasteiger partial charge on any atom is -0.429 e. The molecule has 0 unspecified atom stereocenters. The van der Waals surface area contributed by atoms with E-state index in [1.807, 2.05) is 59.2 Å². The van der Waals surface area contributed by atoms with Gasteiger partial charge in [-0.2, -0.15) is 4.31 Å². The number of oxazole rings is 1. The van der Waals surface area contributed by atoms with Crippen molar-refractivity contribution in [3.05, 3.63) is 65.0 Å². The van der Waals surface area contributed by atoms with E-state index in [0.717, 1.165) is 16.7 Å². The topological polar surface area (TPSA) is 58.7 Å². The number of rotatable bonds is 5. The summed E-state index contributed by atoms with van der Waals surface area (Å²) in [5.41, 5.74) is 2.55. The highest BCUT2D eigenvalue weighted by Gasteiger charge is 2.27. The summed E-state index contributed by atoms with van der Waals surface area (Å²) < 4.78 is 34.5. The van der Waals surface area contributed by atoms with Gasteiger partial charge >= 0.3 is 0 Å². The first-order chi connectivity index (χ1) is 13.0. The molecule has 4 rings (SSSR count). The third-order valence-electron chi connectivity index (χ3n) is 4.83. The Labute approximate surface area is 163 Å². The van der Waals surface area contributed by atoms with Crippen molar-refractivity contribution in [2.24, 2.45) is 0 Å². The first-order valence-electron chi connectivity index (χ1n) is 8.85. The lowest BCUT2D eigenvalue weighted by atomic mass is 10.2. The predicted octanol–water partition coefficient (Wildman–Crippen LogP) is 3.07. The van der Waals surface area contributed by atoms with Gasteiger partial charge in [0.15, 0.2) is 5.58 Å². The summed E-state index contributed by atoms with van der Waals surface area (Å²) in [7, 11) is -3.30. The van der Waals surface area contributed by atoms with E-state index in [1.54, 1.807) is 4.31 Å². The van der Waals surface area contributed by atoms with E-state index in [4.69, 9.17) is 16.6 Å². The molecule has 8 heteroatoms. The molecular formula is C19H21N3O3S2. The smallest absolute Gasteiger partial charge is 0.270 e.